The first-order valence-electron chi connectivity index (χ1n) is 10.6. The predicted octanol–water partition coefficient (Wildman–Crippen LogP) is 6.42. The number of nitrogens with one attached hydrogen (secondary N) is 1. The van der Waals surface area contributed by atoms with E-state index in [4.69, 9.17) is 11.6 Å². The van der Waals surface area contributed by atoms with Gasteiger partial charge < -0.3 is 9.88 Å². The Kier molecular flexibility index (Phi) is 5.48. The molecule has 5 rings (SSSR count). The molecule has 33 heavy (non-hydrogen) atoms. The lowest BCUT2D eigenvalue weighted by Crippen LogP contribution is -2.13. The van der Waals surface area contributed by atoms with Gasteiger partial charge in [-0.15, -0.1) is 11.8 Å². The van der Waals surface area contributed by atoms with Gasteiger partial charge in [0.15, 0.2) is 17.5 Å². The van der Waals surface area contributed by atoms with Crippen LogP contribution in [-0.2, 0) is 7.05 Å². The van der Waals surface area contributed by atoms with Crippen molar-refractivity contribution in [1.29, 1.82) is 0 Å². The second-order valence-electron chi connectivity index (χ2n) is 9.01. The van der Waals surface area contributed by atoms with E-state index in [1.54, 1.807) is 30.0 Å². The van der Waals surface area contributed by atoms with Crippen LogP contribution >= 0.6 is 23.4 Å². The van der Waals surface area contributed by atoms with E-state index < -0.39 is 23.4 Å². The fraction of sp³-hybridized carbons (Fsp3) is 0.333. The van der Waals surface area contributed by atoms with Gasteiger partial charge in [-0.1, -0.05) is 18.5 Å². The predicted molar refractivity (Wildman–Crippen MR) is 122 cm³/mol. The number of nitrogens with zero attached hydrogens (tertiary/aromatic N) is 2. The Morgan fingerprint density at radius 1 is 1.24 bits per heavy atom. The highest BCUT2D eigenvalue weighted by Gasteiger charge is 2.65. The average Bonchev–Trinajstić information content (AvgIpc) is 3.15. The third-order valence-electron chi connectivity index (χ3n) is 6.94. The highest BCUT2D eigenvalue weighted by molar-refractivity contribution is 8.00. The number of aryl methyl sites for hydroxylation is 1. The molecule has 9 heteroatoms. The summed E-state index contributed by atoms with van der Waals surface area (Å²) in [5.74, 6) is -2.86. The standard InChI is InChI=1S/C24H21ClF3N3OS/c1-24-11-15(24)19(10-14(24)22-29-5-6-31(22)2)33-20-7-12(3-4-16(20)25)23(32)30-13-8-17(26)21(28)18(27)9-13/h3-9,14-15,19H,10-11H2,1-2H3,(H,30,32). The van der Waals surface area contributed by atoms with E-state index in [0.29, 0.717) is 27.7 Å². The molecule has 2 saturated carbocycles. The van der Waals surface area contributed by atoms with Gasteiger partial charge in [-0.2, -0.15) is 0 Å². The number of anilines is 1. The molecule has 2 aromatic carbocycles. The van der Waals surface area contributed by atoms with Gasteiger partial charge in [0, 0.05) is 58.9 Å². The molecule has 0 radical (unpaired) electrons. The normalized spacial score (nSPS) is 25.7. The number of carbonyl (C=O) groups excluding carboxylic acids is 1. The fourth-order valence-corrected chi connectivity index (χ4v) is 6.82. The van der Waals surface area contributed by atoms with E-state index in [2.05, 4.69) is 21.8 Å². The first-order chi connectivity index (χ1) is 15.7. The maximum Gasteiger partial charge on any atom is 0.255 e. The molecule has 0 aliphatic heterocycles. The number of rotatable bonds is 5. The summed E-state index contributed by atoms with van der Waals surface area (Å²) in [6.07, 6.45) is 5.89. The molecule has 0 bridgehead atoms. The summed E-state index contributed by atoms with van der Waals surface area (Å²) in [4.78, 5) is 18.0. The van der Waals surface area contributed by atoms with Crippen molar-refractivity contribution >= 4 is 35.0 Å². The minimum absolute atomic E-state index is 0.164. The minimum atomic E-state index is -1.58. The van der Waals surface area contributed by atoms with Gasteiger partial charge in [0.2, 0.25) is 0 Å². The number of carbonyl (C=O) groups is 1. The molecule has 1 N–H and O–H groups in total. The highest BCUT2D eigenvalue weighted by Crippen LogP contribution is 2.72. The molecular formula is C24H21ClF3N3OS. The molecule has 4 unspecified atom stereocenters. The van der Waals surface area contributed by atoms with Crippen LogP contribution in [0.1, 0.15) is 41.9 Å². The summed E-state index contributed by atoms with van der Waals surface area (Å²) in [5.41, 5.74) is 0.349. The first-order valence-corrected chi connectivity index (χ1v) is 11.8. The molecule has 1 aromatic heterocycles. The maximum absolute atomic E-state index is 13.5. The SMILES string of the molecule is Cn1ccnc1C1CC(Sc2cc(C(=O)Nc3cc(F)c(F)c(F)c3)ccc2Cl)C2CC12C. The van der Waals surface area contributed by atoms with Gasteiger partial charge in [-0.05, 0) is 42.4 Å². The lowest BCUT2D eigenvalue weighted by Gasteiger charge is -2.20. The monoisotopic (exact) mass is 491 g/mol. The van der Waals surface area contributed by atoms with Gasteiger partial charge in [0.25, 0.3) is 5.91 Å². The van der Waals surface area contributed by atoms with Crippen LogP contribution in [0.5, 0.6) is 0 Å². The Morgan fingerprint density at radius 2 is 1.97 bits per heavy atom. The van der Waals surface area contributed by atoms with Crippen LogP contribution < -0.4 is 5.32 Å². The number of thioether (sulfide) groups is 1. The third kappa shape index (κ3) is 3.93. The van der Waals surface area contributed by atoms with E-state index >= 15 is 0 Å². The first kappa shape index (κ1) is 22.3. The van der Waals surface area contributed by atoms with Gasteiger partial charge in [0.1, 0.15) is 5.82 Å². The Balaban J connectivity index is 1.34. The Bertz CT molecular complexity index is 1240. The molecular weight excluding hydrogens is 471 g/mol. The summed E-state index contributed by atoms with van der Waals surface area (Å²) >= 11 is 8.11. The smallest absolute Gasteiger partial charge is 0.255 e. The molecule has 1 heterocycles. The van der Waals surface area contributed by atoms with Crippen LogP contribution in [-0.4, -0.2) is 20.7 Å². The average molecular weight is 492 g/mol. The molecule has 0 spiro atoms. The molecule has 1 amide bonds. The Hall–Kier alpha value is -2.45. The minimum Gasteiger partial charge on any atom is -0.338 e. The summed E-state index contributed by atoms with van der Waals surface area (Å²) in [7, 11) is 2.02. The topological polar surface area (TPSA) is 46.9 Å². The second-order valence-corrected chi connectivity index (χ2v) is 10.7. The Morgan fingerprint density at radius 3 is 2.64 bits per heavy atom. The van der Waals surface area contributed by atoms with Gasteiger partial charge in [-0.3, -0.25) is 4.79 Å². The maximum atomic E-state index is 13.5. The summed E-state index contributed by atoms with van der Waals surface area (Å²) in [6.45, 7) is 2.31. The van der Waals surface area contributed by atoms with Crippen molar-refractivity contribution in [2.45, 2.75) is 35.8 Å². The summed E-state index contributed by atoms with van der Waals surface area (Å²) in [5, 5.41) is 3.29. The number of hydrogen-bond acceptors (Lipinski definition) is 3. The van der Waals surface area contributed by atoms with E-state index in [1.165, 1.54) is 0 Å². The zero-order valence-corrected chi connectivity index (χ0v) is 19.5. The van der Waals surface area contributed by atoms with Crippen molar-refractivity contribution in [1.82, 2.24) is 9.55 Å². The van der Waals surface area contributed by atoms with Crippen LogP contribution in [0.25, 0.3) is 0 Å². The summed E-state index contributed by atoms with van der Waals surface area (Å²) < 4.78 is 42.2. The fourth-order valence-electron chi connectivity index (χ4n) is 5.01. The van der Waals surface area contributed by atoms with Crippen molar-refractivity contribution in [3.63, 3.8) is 0 Å². The molecule has 4 nitrogen and oxygen atoms in total. The van der Waals surface area contributed by atoms with Crippen molar-refractivity contribution in [3.8, 4) is 0 Å². The number of fused-ring (bicyclic) bond motifs is 1. The zero-order chi connectivity index (χ0) is 23.5. The van der Waals surface area contributed by atoms with Crippen LogP contribution in [0, 0.1) is 28.8 Å². The molecule has 172 valence electrons. The molecule has 2 aliphatic carbocycles. The number of hydrogen-bond donors (Lipinski definition) is 1. The number of imidazole rings is 1. The number of aromatic nitrogens is 2. The van der Waals surface area contributed by atoms with Crippen molar-refractivity contribution in [2.75, 3.05) is 5.32 Å². The van der Waals surface area contributed by atoms with Gasteiger partial charge in [0.05, 0.1) is 5.02 Å². The van der Waals surface area contributed by atoms with Crippen molar-refractivity contribution in [2.24, 2.45) is 18.4 Å². The molecule has 3 aromatic rings. The van der Waals surface area contributed by atoms with E-state index in [1.807, 2.05) is 19.4 Å². The highest BCUT2D eigenvalue weighted by atomic mass is 35.5. The van der Waals surface area contributed by atoms with Crippen molar-refractivity contribution in [3.05, 3.63) is 76.6 Å². The lowest BCUT2D eigenvalue weighted by molar-refractivity contribution is 0.102. The molecule has 2 aliphatic rings. The number of amides is 1. The second kappa shape index (κ2) is 8.09. The lowest BCUT2D eigenvalue weighted by atomic mass is 9.91. The van der Waals surface area contributed by atoms with Crippen LogP contribution in [0.15, 0.2) is 47.6 Å². The number of benzene rings is 2. The zero-order valence-electron chi connectivity index (χ0n) is 17.9. The molecule has 2 fully saturated rings. The van der Waals surface area contributed by atoms with E-state index in [-0.39, 0.29) is 11.1 Å². The molecule has 0 saturated heterocycles. The summed E-state index contributed by atoms with van der Waals surface area (Å²) in [6, 6.07) is 6.36. The van der Waals surface area contributed by atoms with E-state index in [0.717, 1.165) is 35.7 Å². The quantitative estimate of drug-likeness (QED) is 0.419. The van der Waals surface area contributed by atoms with Crippen LogP contribution in [0.2, 0.25) is 5.02 Å². The third-order valence-corrected chi connectivity index (χ3v) is 8.80. The van der Waals surface area contributed by atoms with Crippen LogP contribution in [0.4, 0.5) is 18.9 Å². The number of halogens is 4. The van der Waals surface area contributed by atoms with Crippen LogP contribution in [0.3, 0.4) is 0 Å². The molecule has 4 atom stereocenters. The largest absolute Gasteiger partial charge is 0.338 e. The van der Waals surface area contributed by atoms with E-state index in [9.17, 15) is 18.0 Å². The Labute approximate surface area is 198 Å². The van der Waals surface area contributed by atoms with Crippen molar-refractivity contribution < 1.29 is 18.0 Å². The van der Waals surface area contributed by atoms with Gasteiger partial charge in [-0.25, -0.2) is 18.2 Å². The van der Waals surface area contributed by atoms with Gasteiger partial charge >= 0.3 is 0 Å².